The molecule has 0 spiro atoms. The highest BCUT2D eigenvalue weighted by molar-refractivity contribution is 7.72. The van der Waals surface area contributed by atoms with Gasteiger partial charge in [-0.15, -0.1) is 0 Å². The number of aliphatic hydroxyl groups is 2. The Morgan fingerprint density at radius 3 is 2.45 bits per heavy atom. The molecule has 3 rings (SSSR count). The first-order chi connectivity index (χ1) is 14.2. The van der Waals surface area contributed by atoms with Gasteiger partial charge in [0.2, 0.25) is 0 Å². The summed E-state index contributed by atoms with van der Waals surface area (Å²) in [6.07, 6.45) is -3.69. The van der Waals surface area contributed by atoms with E-state index in [0.29, 0.717) is 0 Å². The average Bonchev–Trinajstić information content (AvgIpc) is 3.13. The summed E-state index contributed by atoms with van der Waals surface area (Å²) in [7, 11) is -16.6. The van der Waals surface area contributed by atoms with Crippen LogP contribution in [0.15, 0.2) is 12.7 Å². The van der Waals surface area contributed by atoms with E-state index in [1.165, 1.54) is 10.9 Å². The molecule has 2 aromatic heterocycles. The van der Waals surface area contributed by atoms with Crippen molar-refractivity contribution in [3.63, 3.8) is 0 Å². The number of nitrogens with zero attached hydrogens (tertiary/aromatic N) is 4. The Labute approximate surface area is 172 Å². The van der Waals surface area contributed by atoms with Crippen molar-refractivity contribution >= 4 is 40.0 Å². The molecule has 3 unspecified atom stereocenters. The number of aromatic nitrogens is 4. The molecule has 0 saturated carbocycles. The number of anilines is 1. The van der Waals surface area contributed by atoms with Crippen LogP contribution in [-0.2, 0) is 27.3 Å². The van der Waals surface area contributed by atoms with Gasteiger partial charge in [0.05, 0.1) is 18.8 Å². The number of fused-ring (bicyclic) bond motifs is 1. The van der Waals surface area contributed by atoms with Gasteiger partial charge in [-0.3, -0.25) is 13.4 Å². The predicted molar refractivity (Wildman–Crippen MR) is 92.6 cm³/mol. The molecule has 17 nitrogen and oxygen atoms in total. The molecule has 1 saturated heterocycles. The lowest BCUT2D eigenvalue weighted by molar-refractivity contribution is -0.228. The first-order valence-corrected chi connectivity index (χ1v) is 13.1. The summed E-state index contributed by atoms with van der Waals surface area (Å²) in [5.74, 6) is -1.86. The second-order valence-electron chi connectivity index (χ2n) is 6.34. The summed E-state index contributed by atoms with van der Waals surface area (Å²) in [6.45, 7) is -0.937. The van der Waals surface area contributed by atoms with Crippen LogP contribution in [-0.4, -0.2) is 65.4 Å². The Balaban J connectivity index is 1.69. The largest absolute Gasteiger partial charge is 0.778 e. The number of imidazole rings is 1. The Morgan fingerprint density at radius 1 is 1.13 bits per heavy atom. The van der Waals surface area contributed by atoms with Crippen molar-refractivity contribution in [2.45, 2.75) is 24.5 Å². The average molecular weight is 502 g/mol. The van der Waals surface area contributed by atoms with E-state index in [1.54, 1.807) is 0 Å². The van der Waals surface area contributed by atoms with Gasteiger partial charge < -0.3 is 53.9 Å². The molecular formula is C11H15N5O12P3-3. The molecule has 0 bridgehead atoms. The molecule has 3 heterocycles. The summed E-state index contributed by atoms with van der Waals surface area (Å²) in [5.41, 5.74) is 6.00. The highest BCUT2D eigenvalue weighted by Gasteiger charge is 2.45. The van der Waals surface area contributed by atoms with E-state index >= 15 is 0 Å². The van der Waals surface area contributed by atoms with Crippen molar-refractivity contribution in [3.8, 4) is 0 Å². The molecule has 0 radical (unpaired) electrons. The van der Waals surface area contributed by atoms with Crippen molar-refractivity contribution in [2.75, 3.05) is 18.2 Å². The van der Waals surface area contributed by atoms with Gasteiger partial charge in [-0.1, -0.05) is 0 Å². The van der Waals surface area contributed by atoms with Crippen molar-refractivity contribution in [1.29, 1.82) is 0 Å². The van der Waals surface area contributed by atoms with Gasteiger partial charge in [0.1, 0.15) is 37.8 Å². The van der Waals surface area contributed by atoms with Gasteiger partial charge in [0.25, 0.3) is 7.82 Å². The Morgan fingerprint density at radius 2 is 1.81 bits per heavy atom. The lowest BCUT2D eigenvalue weighted by atomic mass is 10.1. The third-order valence-corrected chi connectivity index (χ3v) is 9.14. The number of rotatable bonds is 8. The van der Waals surface area contributed by atoms with Gasteiger partial charge in [-0.25, -0.2) is 15.0 Å². The highest BCUT2D eigenvalue weighted by Crippen LogP contribution is 2.59. The fourth-order valence-electron chi connectivity index (χ4n) is 2.78. The van der Waals surface area contributed by atoms with Crippen molar-refractivity contribution < 1.29 is 57.1 Å². The third kappa shape index (κ3) is 5.73. The van der Waals surface area contributed by atoms with Gasteiger partial charge in [0.15, 0.2) is 25.3 Å². The van der Waals surface area contributed by atoms with Crippen LogP contribution in [0.4, 0.5) is 5.82 Å². The maximum absolute atomic E-state index is 11.8. The fourth-order valence-corrected chi connectivity index (χ4v) is 7.10. The number of hydrogen-bond acceptors (Lipinski definition) is 15. The minimum Gasteiger partial charge on any atom is -0.778 e. The number of nitrogens with two attached hydrogens (primary N) is 1. The first-order valence-electron chi connectivity index (χ1n) is 8.13. The van der Waals surface area contributed by atoms with Gasteiger partial charge in [0, 0.05) is 0 Å². The van der Waals surface area contributed by atoms with E-state index in [2.05, 4.69) is 23.8 Å². The van der Waals surface area contributed by atoms with E-state index in [0.717, 1.165) is 6.33 Å². The lowest BCUT2D eigenvalue weighted by Gasteiger charge is -2.33. The summed E-state index contributed by atoms with van der Waals surface area (Å²) in [6, 6.07) is 0. The zero-order valence-corrected chi connectivity index (χ0v) is 17.8. The molecule has 1 aliphatic heterocycles. The van der Waals surface area contributed by atoms with Crippen LogP contribution in [0.2, 0.25) is 0 Å². The molecule has 174 valence electrons. The maximum Gasteiger partial charge on any atom is 0.270 e. The lowest BCUT2D eigenvalue weighted by Crippen LogP contribution is -2.34. The second kappa shape index (κ2) is 8.56. The number of ether oxygens (including phenoxy) is 1. The van der Waals surface area contributed by atoms with Gasteiger partial charge in [-0.2, -0.15) is 0 Å². The van der Waals surface area contributed by atoms with Crippen LogP contribution in [0, 0.1) is 0 Å². The standard InChI is InChI=1S/C11H18N5O12P3/c12-9-6-10(14-2-13-9)16(3-15-6)11-8(18)7(17)5(27-11)1-26-29(19,20)4-30(21,22)28-31(23,24)25/h2-3,5,7-8,11,17-18H,1,4H2,(H,19,20)(H,21,22)(H2,12,13,14)(H2,23,24,25)/p-3/t5-,7-,8-,11-/m1/s1. The van der Waals surface area contributed by atoms with Crippen LogP contribution in [0.5, 0.6) is 0 Å². The monoisotopic (exact) mass is 502 g/mol. The zero-order valence-electron chi connectivity index (χ0n) is 15.1. The van der Waals surface area contributed by atoms with Crippen LogP contribution < -0.4 is 20.4 Å². The first kappa shape index (κ1) is 24.3. The molecule has 1 aliphatic rings. The third-order valence-electron chi connectivity index (χ3n) is 4.01. The van der Waals surface area contributed by atoms with E-state index in [-0.39, 0.29) is 17.0 Å². The Bertz CT molecular complexity index is 1110. The SMILES string of the molecule is Nc1ncnc2c1ncn2[C@@H]1O[C@H](COP(=O)([O-])CP(=O)([O-])OP(=O)([O-])O)[C@@H](O)[C@H]1O. The molecule has 7 atom stereocenters. The van der Waals surface area contributed by atoms with Crippen molar-refractivity contribution in [2.24, 2.45) is 0 Å². The highest BCUT2D eigenvalue weighted by atomic mass is 31.3. The van der Waals surface area contributed by atoms with Crippen LogP contribution in [0.3, 0.4) is 0 Å². The Hall–Kier alpha value is -1.32. The summed E-state index contributed by atoms with van der Waals surface area (Å²) < 4.78 is 48.1. The van der Waals surface area contributed by atoms with Gasteiger partial charge in [-0.05, 0) is 0 Å². The molecule has 31 heavy (non-hydrogen) atoms. The van der Waals surface area contributed by atoms with Crippen LogP contribution in [0.1, 0.15) is 6.23 Å². The molecule has 20 heteroatoms. The zero-order chi connectivity index (χ0) is 23.2. The molecule has 0 aliphatic carbocycles. The summed E-state index contributed by atoms with van der Waals surface area (Å²) >= 11 is 0. The van der Waals surface area contributed by atoms with Gasteiger partial charge >= 0.3 is 0 Å². The minimum absolute atomic E-state index is 0.0405. The number of nitrogen functional groups attached to an aromatic ring is 1. The number of phosphoric acid groups is 1. The fraction of sp³-hybridized carbons (Fsp3) is 0.545. The van der Waals surface area contributed by atoms with Crippen molar-refractivity contribution in [1.82, 2.24) is 19.5 Å². The van der Waals surface area contributed by atoms with Crippen LogP contribution >= 0.6 is 23.0 Å². The molecule has 1 fully saturated rings. The smallest absolute Gasteiger partial charge is 0.270 e. The summed E-state index contributed by atoms with van der Waals surface area (Å²) in [5, 5.41) is 20.4. The molecule has 0 amide bonds. The number of aliphatic hydroxyl groups excluding tert-OH is 2. The normalized spacial score (nSPS) is 30.0. The quantitative estimate of drug-likeness (QED) is 0.256. The van der Waals surface area contributed by atoms with E-state index in [9.17, 15) is 38.6 Å². The second-order valence-corrected chi connectivity index (χ2v) is 11.8. The van der Waals surface area contributed by atoms with Crippen LogP contribution in [0.25, 0.3) is 11.2 Å². The summed E-state index contributed by atoms with van der Waals surface area (Å²) in [4.78, 5) is 53.8. The minimum atomic E-state index is -5.76. The molecule has 5 N–H and O–H groups in total. The topological polar surface area (TPSA) is 278 Å². The van der Waals surface area contributed by atoms with E-state index in [1.807, 2.05) is 0 Å². The Kier molecular flexibility index (Phi) is 6.71. The van der Waals surface area contributed by atoms with Crippen molar-refractivity contribution in [3.05, 3.63) is 12.7 Å². The van der Waals surface area contributed by atoms with E-state index in [4.69, 9.17) is 15.4 Å². The predicted octanol–water partition coefficient (Wildman–Crippen LogP) is -3.41. The maximum atomic E-state index is 11.8. The molecule has 2 aromatic rings. The molecular weight excluding hydrogens is 487 g/mol. The molecule has 0 aromatic carbocycles. The van der Waals surface area contributed by atoms with E-state index < -0.39 is 60.1 Å². The number of hydrogen-bond donors (Lipinski definition) is 4.